The molecule has 3 aromatic rings. The van der Waals surface area contributed by atoms with Gasteiger partial charge in [-0.3, -0.25) is 9.59 Å². The Kier molecular flexibility index (Phi) is 4.27. The van der Waals surface area contributed by atoms with Crippen LogP contribution in [0.5, 0.6) is 5.75 Å². The number of fused-ring (bicyclic) bond motifs is 2. The van der Waals surface area contributed by atoms with Crippen LogP contribution in [0.25, 0.3) is 21.9 Å². The van der Waals surface area contributed by atoms with Crippen LogP contribution in [0.1, 0.15) is 41.0 Å². The summed E-state index contributed by atoms with van der Waals surface area (Å²) in [6.45, 7) is 3.87. The van der Waals surface area contributed by atoms with Crippen LogP contribution in [-0.2, 0) is 0 Å². The van der Waals surface area contributed by atoms with Crippen LogP contribution in [0.15, 0.2) is 39.5 Å². The molecule has 2 aromatic carbocycles. The minimum Gasteiger partial charge on any atom is -0.490 e. The van der Waals surface area contributed by atoms with Crippen LogP contribution in [-0.4, -0.2) is 23.5 Å². The minimum atomic E-state index is -1.13. The number of ketones is 1. The molecule has 0 atom stereocenters. The molecule has 1 heterocycles. The maximum absolute atomic E-state index is 12.9. The van der Waals surface area contributed by atoms with Gasteiger partial charge in [0.2, 0.25) is 5.43 Å². The summed E-state index contributed by atoms with van der Waals surface area (Å²) in [4.78, 5) is 36.1. The van der Waals surface area contributed by atoms with Gasteiger partial charge in [-0.15, -0.1) is 0 Å². The molecule has 0 radical (unpaired) electrons. The molecule has 3 rings (SSSR count). The number of hydrogen-bond acceptors (Lipinski definition) is 5. The van der Waals surface area contributed by atoms with Crippen molar-refractivity contribution in [3.8, 4) is 5.75 Å². The first kappa shape index (κ1) is 16.7. The van der Waals surface area contributed by atoms with E-state index in [2.05, 4.69) is 0 Å². The average Bonchev–Trinajstić information content (AvgIpc) is 2.61. The summed E-state index contributed by atoms with van der Waals surface area (Å²) in [6.07, 6.45) is 0.291. The third-order valence-corrected chi connectivity index (χ3v) is 3.93. The second-order valence-corrected chi connectivity index (χ2v) is 5.51. The third kappa shape index (κ3) is 2.87. The van der Waals surface area contributed by atoms with Crippen LogP contribution >= 0.6 is 0 Å². The summed E-state index contributed by atoms with van der Waals surface area (Å²) >= 11 is 0. The molecule has 0 saturated carbocycles. The fraction of sp³-hybridized carbons (Fsp3) is 0.211. The van der Waals surface area contributed by atoms with E-state index in [4.69, 9.17) is 14.3 Å². The van der Waals surface area contributed by atoms with Gasteiger partial charge in [0.1, 0.15) is 5.58 Å². The number of Topliss-reactive ketones (excluding diaryl/α,β-unsaturated/α-hetero) is 1. The van der Waals surface area contributed by atoms with Crippen LogP contribution in [0.2, 0.25) is 0 Å². The zero-order valence-corrected chi connectivity index (χ0v) is 13.8. The number of carboxylic acids is 1. The van der Waals surface area contributed by atoms with Gasteiger partial charge in [-0.2, -0.15) is 0 Å². The van der Waals surface area contributed by atoms with Gasteiger partial charge in [0.25, 0.3) is 0 Å². The van der Waals surface area contributed by atoms with E-state index in [0.717, 1.165) is 0 Å². The number of carbonyl (C=O) groups excluding carboxylic acids is 1. The molecule has 1 aromatic heterocycles. The molecule has 0 bridgehead atoms. The van der Waals surface area contributed by atoms with Gasteiger partial charge in [0.15, 0.2) is 17.1 Å². The first-order valence-electron chi connectivity index (χ1n) is 7.90. The molecule has 0 aliphatic rings. The van der Waals surface area contributed by atoms with Crippen molar-refractivity contribution in [2.75, 3.05) is 6.61 Å². The van der Waals surface area contributed by atoms with E-state index in [9.17, 15) is 14.4 Å². The van der Waals surface area contributed by atoms with Crippen molar-refractivity contribution in [1.82, 2.24) is 0 Å². The predicted molar refractivity (Wildman–Crippen MR) is 92.7 cm³/mol. The summed E-state index contributed by atoms with van der Waals surface area (Å²) in [6, 6.07) is 7.13. The van der Waals surface area contributed by atoms with E-state index >= 15 is 0 Å². The van der Waals surface area contributed by atoms with Crippen molar-refractivity contribution in [3.05, 3.63) is 51.7 Å². The molecule has 0 amide bonds. The highest BCUT2D eigenvalue weighted by Crippen LogP contribution is 2.30. The lowest BCUT2D eigenvalue weighted by molar-refractivity contribution is 0.0697. The number of hydrogen-bond donors (Lipinski definition) is 1. The van der Waals surface area contributed by atoms with Gasteiger partial charge in [0, 0.05) is 12.0 Å². The Morgan fingerprint density at radius 3 is 2.44 bits per heavy atom. The van der Waals surface area contributed by atoms with E-state index in [1.165, 1.54) is 24.3 Å². The molecular formula is C19H16O6. The lowest BCUT2D eigenvalue weighted by atomic mass is 10.0. The molecule has 6 nitrogen and oxygen atoms in total. The van der Waals surface area contributed by atoms with Crippen molar-refractivity contribution in [2.45, 2.75) is 20.3 Å². The number of carboxylic acid groups (broad SMARTS) is 1. The summed E-state index contributed by atoms with van der Waals surface area (Å²) in [5.74, 6) is -0.939. The first-order chi connectivity index (χ1) is 12.0. The van der Waals surface area contributed by atoms with Crippen molar-refractivity contribution < 1.29 is 23.8 Å². The van der Waals surface area contributed by atoms with E-state index in [1.807, 2.05) is 0 Å². The van der Waals surface area contributed by atoms with Crippen molar-refractivity contribution in [1.29, 1.82) is 0 Å². The predicted octanol–water partition coefficient (Wildman–Crippen LogP) is 3.64. The lowest BCUT2D eigenvalue weighted by Gasteiger charge is -2.10. The second kappa shape index (κ2) is 6.39. The normalized spacial score (nSPS) is 11.0. The quantitative estimate of drug-likeness (QED) is 0.563. The number of ether oxygens (including phenoxy) is 1. The number of benzene rings is 2. The van der Waals surface area contributed by atoms with Crippen molar-refractivity contribution in [3.63, 3.8) is 0 Å². The molecule has 0 spiro atoms. The molecule has 25 heavy (non-hydrogen) atoms. The fourth-order valence-electron chi connectivity index (χ4n) is 2.69. The zero-order valence-electron chi connectivity index (χ0n) is 13.8. The summed E-state index contributed by atoms with van der Waals surface area (Å²) in [7, 11) is 0. The van der Waals surface area contributed by atoms with Gasteiger partial charge in [-0.25, -0.2) is 4.79 Å². The monoisotopic (exact) mass is 340 g/mol. The smallest absolute Gasteiger partial charge is 0.335 e. The zero-order chi connectivity index (χ0) is 18.1. The van der Waals surface area contributed by atoms with Crippen LogP contribution in [0.4, 0.5) is 0 Å². The van der Waals surface area contributed by atoms with E-state index in [-0.39, 0.29) is 33.3 Å². The molecule has 6 heteroatoms. The highest BCUT2D eigenvalue weighted by molar-refractivity contribution is 6.03. The van der Waals surface area contributed by atoms with Gasteiger partial charge >= 0.3 is 5.97 Å². The Morgan fingerprint density at radius 1 is 1.08 bits per heavy atom. The molecule has 0 aliphatic heterocycles. The van der Waals surface area contributed by atoms with Gasteiger partial charge in [-0.05, 0) is 37.3 Å². The van der Waals surface area contributed by atoms with Gasteiger partial charge < -0.3 is 14.3 Å². The van der Waals surface area contributed by atoms with E-state index < -0.39 is 11.4 Å². The minimum absolute atomic E-state index is 0.00929. The Bertz CT molecular complexity index is 1060. The van der Waals surface area contributed by atoms with Gasteiger partial charge in [0.05, 0.1) is 22.9 Å². The molecule has 0 unspecified atom stereocenters. The summed E-state index contributed by atoms with van der Waals surface area (Å²) < 4.78 is 11.3. The van der Waals surface area contributed by atoms with Crippen molar-refractivity contribution >= 4 is 33.7 Å². The Hall–Kier alpha value is -3.15. The molecule has 0 fully saturated rings. The van der Waals surface area contributed by atoms with Gasteiger partial charge in [-0.1, -0.05) is 6.92 Å². The topological polar surface area (TPSA) is 93.8 Å². The summed E-state index contributed by atoms with van der Waals surface area (Å²) in [5, 5.41) is 9.46. The van der Waals surface area contributed by atoms with E-state index in [1.54, 1.807) is 19.9 Å². The van der Waals surface area contributed by atoms with Crippen LogP contribution in [0, 0.1) is 0 Å². The lowest BCUT2D eigenvalue weighted by Crippen LogP contribution is -2.08. The number of rotatable bonds is 5. The fourth-order valence-corrected chi connectivity index (χ4v) is 2.69. The molecule has 0 aliphatic carbocycles. The first-order valence-corrected chi connectivity index (χ1v) is 7.90. The average molecular weight is 340 g/mol. The molecular weight excluding hydrogens is 324 g/mol. The highest BCUT2D eigenvalue weighted by atomic mass is 16.5. The number of aromatic carboxylic acids is 1. The molecule has 0 saturated heterocycles. The van der Waals surface area contributed by atoms with E-state index in [0.29, 0.717) is 24.3 Å². The second-order valence-electron chi connectivity index (χ2n) is 5.51. The molecule has 128 valence electrons. The maximum atomic E-state index is 12.9. The highest BCUT2D eigenvalue weighted by Gasteiger charge is 2.17. The number of carbonyl (C=O) groups is 2. The Balaban J connectivity index is 2.41. The van der Waals surface area contributed by atoms with Crippen LogP contribution < -0.4 is 10.2 Å². The SMILES string of the molecule is CCOc1cc(C(=O)CC)cc2c(=O)c3cc(C(=O)O)ccc3oc12. The van der Waals surface area contributed by atoms with Crippen molar-refractivity contribution in [2.24, 2.45) is 0 Å². The molecule has 1 N–H and O–H groups in total. The standard InChI is InChI=1S/C19H16O6/c1-3-14(20)11-8-13-17(21)12-7-10(19(22)23)5-6-15(12)25-18(13)16(9-11)24-4-2/h5-9H,3-4H2,1-2H3,(H,22,23). The largest absolute Gasteiger partial charge is 0.490 e. The van der Waals surface area contributed by atoms with Crippen LogP contribution in [0.3, 0.4) is 0 Å². The maximum Gasteiger partial charge on any atom is 0.335 e. The Morgan fingerprint density at radius 2 is 1.80 bits per heavy atom. The summed E-state index contributed by atoms with van der Waals surface area (Å²) in [5.41, 5.74) is 0.462. The Labute approximate surface area is 142 Å². The third-order valence-electron chi connectivity index (χ3n) is 3.93.